The maximum Gasteiger partial charge on any atom is 0.363 e. The van der Waals surface area contributed by atoms with Crippen molar-refractivity contribution < 1.29 is 19.1 Å². The minimum Gasteiger partial charge on any atom is -0.422 e. The zero-order valence-electron chi connectivity index (χ0n) is 15.6. The van der Waals surface area contributed by atoms with Crippen LogP contribution in [0.4, 0.5) is 0 Å². The van der Waals surface area contributed by atoms with Crippen LogP contribution in [0.1, 0.15) is 21.5 Å². The summed E-state index contributed by atoms with van der Waals surface area (Å²) < 4.78 is 10.7. The number of para-hydroxylation sites is 1. The molecule has 5 nitrogen and oxygen atoms in total. The Balaban J connectivity index is 1.63. The summed E-state index contributed by atoms with van der Waals surface area (Å²) in [5.74, 6) is -0.891. The van der Waals surface area contributed by atoms with Crippen LogP contribution >= 0.6 is 34.8 Å². The number of halogens is 3. The Kier molecular flexibility index (Phi) is 6.09. The van der Waals surface area contributed by atoms with Crippen molar-refractivity contribution in [1.29, 1.82) is 0 Å². The summed E-state index contributed by atoms with van der Waals surface area (Å²) in [6.45, 7) is 0. The maximum atomic E-state index is 12.5. The average molecular weight is 473 g/mol. The molecule has 8 heteroatoms. The van der Waals surface area contributed by atoms with Gasteiger partial charge in [-0.05, 0) is 54.6 Å². The first kappa shape index (κ1) is 21.1. The third-order valence-electron chi connectivity index (χ3n) is 4.28. The lowest BCUT2D eigenvalue weighted by atomic mass is 10.1. The second kappa shape index (κ2) is 8.94. The number of ether oxygens (including phenoxy) is 2. The molecule has 3 aromatic rings. The predicted octanol–water partition coefficient (Wildman–Crippen LogP) is 6.21. The van der Waals surface area contributed by atoms with Crippen molar-refractivity contribution in [2.24, 2.45) is 4.99 Å². The van der Waals surface area contributed by atoms with Gasteiger partial charge in [0, 0.05) is 15.6 Å². The summed E-state index contributed by atoms with van der Waals surface area (Å²) in [6.07, 6.45) is 1.48. The summed E-state index contributed by atoms with van der Waals surface area (Å²) in [6, 6.07) is 17.8. The largest absolute Gasteiger partial charge is 0.422 e. The van der Waals surface area contributed by atoms with E-state index in [1.807, 2.05) is 0 Å². The van der Waals surface area contributed by atoms with Crippen LogP contribution in [0.5, 0.6) is 5.75 Å². The molecule has 31 heavy (non-hydrogen) atoms. The Morgan fingerprint density at radius 2 is 1.65 bits per heavy atom. The van der Waals surface area contributed by atoms with Gasteiger partial charge >= 0.3 is 11.9 Å². The van der Waals surface area contributed by atoms with Gasteiger partial charge in [-0.2, -0.15) is 0 Å². The fourth-order valence-electron chi connectivity index (χ4n) is 2.77. The number of hydrogen-bond donors (Lipinski definition) is 0. The number of rotatable bonds is 4. The lowest BCUT2D eigenvalue weighted by molar-refractivity contribution is -0.129. The highest BCUT2D eigenvalue weighted by atomic mass is 35.5. The normalized spacial score (nSPS) is 14.4. The molecule has 0 aromatic heterocycles. The number of carbonyl (C=O) groups is 2. The molecule has 1 heterocycles. The van der Waals surface area contributed by atoms with Gasteiger partial charge in [0.15, 0.2) is 5.70 Å². The van der Waals surface area contributed by atoms with Crippen LogP contribution in [0.3, 0.4) is 0 Å². The molecule has 1 aliphatic heterocycles. The molecule has 0 amide bonds. The zero-order valence-corrected chi connectivity index (χ0v) is 17.9. The van der Waals surface area contributed by atoms with Crippen LogP contribution in [-0.2, 0) is 9.53 Å². The van der Waals surface area contributed by atoms with Crippen LogP contribution in [-0.4, -0.2) is 17.8 Å². The van der Waals surface area contributed by atoms with Crippen molar-refractivity contribution in [2.75, 3.05) is 0 Å². The lowest BCUT2D eigenvalue weighted by Crippen LogP contribution is -2.09. The summed E-state index contributed by atoms with van der Waals surface area (Å²) in [4.78, 5) is 29.0. The van der Waals surface area contributed by atoms with Crippen molar-refractivity contribution in [3.8, 4) is 5.75 Å². The van der Waals surface area contributed by atoms with Crippen molar-refractivity contribution >= 4 is 58.7 Å². The Labute approximate surface area is 192 Å². The third-order valence-corrected chi connectivity index (χ3v) is 5.08. The first-order valence-electron chi connectivity index (χ1n) is 8.95. The number of benzene rings is 3. The molecule has 0 unspecified atom stereocenters. The molecular weight excluding hydrogens is 461 g/mol. The number of nitrogens with zero attached hydrogens (tertiary/aromatic N) is 1. The van der Waals surface area contributed by atoms with Gasteiger partial charge in [0.2, 0.25) is 5.90 Å². The van der Waals surface area contributed by atoms with Gasteiger partial charge in [-0.15, -0.1) is 0 Å². The van der Waals surface area contributed by atoms with Crippen molar-refractivity contribution in [3.63, 3.8) is 0 Å². The molecule has 3 aromatic carbocycles. The number of esters is 2. The van der Waals surface area contributed by atoms with Gasteiger partial charge in [-0.25, -0.2) is 14.6 Å². The van der Waals surface area contributed by atoms with Crippen LogP contribution in [0.2, 0.25) is 15.1 Å². The Morgan fingerprint density at radius 1 is 0.935 bits per heavy atom. The molecule has 0 N–H and O–H groups in total. The molecule has 0 fully saturated rings. The lowest BCUT2D eigenvalue weighted by Gasteiger charge is -2.07. The molecule has 0 atom stereocenters. The van der Waals surface area contributed by atoms with E-state index in [0.717, 1.165) is 0 Å². The molecule has 0 bridgehead atoms. The van der Waals surface area contributed by atoms with E-state index in [4.69, 9.17) is 44.3 Å². The van der Waals surface area contributed by atoms with E-state index in [2.05, 4.69) is 4.99 Å². The third kappa shape index (κ3) is 4.80. The molecule has 0 saturated heterocycles. The van der Waals surface area contributed by atoms with E-state index in [1.165, 1.54) is 12.1 Å². The highest BCUT2D eigenvalue weighted by Gasteiger charge is 2.26. The van der Waals surface area contributed by atoms with Gasteiger partial charge in [0.05, 0.1) is 16.1 Å². The molecule has 1 aliphatic rings. The number of cyclic esters (lactones) is 1. The number of hydrogen-bond acceptors (Lipinski definition) is 5. The first-order chi connectivity index (χ1) is 14.9. The standard InChI is InChI=1S/C23H12Cl3NO4/c24-15-7-5-13(6-8-15)22(28)30-20-4-2-1-3-14(20)11-19-23(29)31-21(27-19)17-10-9-16(25)12-18(17)26/h1-12H/b19-11+. The number of aliphatic imine (C=N–C) groups is 1. The molecule has 0 aliphatic carbocycles. The summed E-state index contributed by atoms with van der Waals surface area (Å²) in [7, 11) is 0. The monoisotopic (exact) mass is 471 g/mol. The van der Waals surface area contributed by atoms with E-state index in [-0.39, 0.29) is 17.3 Å². The molecule has 154 valence electrons. The summed E-state index contributed by atoms with van der Waals surface area (Å²) in [5.41, 5.74) is 1.29. The molecule has 0 radical (unpaired) electrons. The van der Waals surface area contributed by atoms with E-state index in [9.17, 15) is 9.59 Å². The highest BCUT2D eigenvalue weighted by Crippen LogP contribution is 2.28. The maximum absolute atomic E-state index is 12.5. The van der Waals surface area contributed by atoms with Crippen LogP contribution in [0, 0.1) is 0 Å². The topological polar surface area (TPSA) is 65.0 Å². The Morgan fingerprint density at radius 3 is 2.39 bits per heavy atom. The molecular formula is C23H12Cl3NO4. The van der Waals surface area contributed by atoms with Crippen molar-refractivity contribution in [1.82, 2.24) is 0 Å². The average Bonchev–Trinajstić information content (AvgIpc) is 3.10. The first-order valence-corrected chi connectivity index (χ1v) is 10.1. The quantitative estimate of drug-likeness (QED) is 0.257. The van der Waals surface area contributed by atoms with Gasteiger partial charge in [0.25, 0.3) is 0 Å². The van der Waals surface area contributed by atoms with Crippen LogP contribution in [0.15, 0.2) is 77.4 Å². The second-order valence-electron chi connectivity index (χ2n) is 6.39. The van der Waals surface area contributed by atoms with Crippen molar-refractivity contribution in [2.45, 2.75) is 0 Å². The van der Waals surface area contributed by atoms with E-state index >= 15 is 0 Å². The van der Waals surface area contributed by atoms with Crippen LogP contribution < -0.4 is 4.74 Å². The SMILES string of the molecule is O=C1OC(c2ccc(Cl)cc2Cl)=N/C1=C/c1ccccc1OC(=O)c1ccc(Cl)cc1. The second-order valence-corrected chi connectivity index (χ2v) is 7.67. The van der Waals surface area contributed by atoms with E-state index in [1.54, 1.807) is 60.7 Å². The highest BCUT2D eigenvalue weighted by molar-refractivity contribution is 6.37. The van der Waals surface area contributed by atoms with E-state index in [0.29, 0.717) is 31.8 Å². The molecule has 0 saturated carbocycles. The fourth-order valence-corrected chi connectivity index (χ4v) is 3.39. The fraction of sp³-hybridized carbons (Fsp3) is 0. The van der Waals surface area contributed by atoms with Gasteiger partial charge in [0.1, 0.15) is 5.75 Å². The van der Waals surface area contributed by atoms with Gasteiger partial charge in [-0.3, -0.25) is 0 Å². The predicted molar refractivity (Wildman–Crippen MR) is 120 cm³/mol. The Hall–Kier alpha value is -3.12. The molecule has 0 spiro atoms. The summed E-state index contributed by atoms with van der Waals surface area (Å²) >= 11 is 17.9. The zero-order chi connectivity index (χ0) is 22.0. The van der Waals surface area contributed by atoms with Crippen LogP contribution in [0.25, 0.3) is 6.08 Å². The minimum atomic E-state index is -0.653. The number of carbonyl (C=O) groups excluding carboxylic acids is 2. The summed E-state index contributed by atoms with van der Waals surface area (Å²) in [5, 5.41) is 1.26. The van der Waals surface area contributed by atoms with Crippen molar-refractivity contribution in [3.05, 3.63) is 104 Å². The minimum absolute atomic E-state index is 0.0380. The molecule has 4 rings (SSSR count). The van der Waals surface area contributed by atoms with Gasteiger partial charge in [-0.1, -0.05) is 53.0 Å². The van der Waals surface area contributed by atoms with Gasteiger partial charge < -0.3 is 9.47 Å². The smallest absolute Gasteiger partial charge is 0.363 e. The van der Waals surface area contributed by atoms with E-state index < -0.39 is 11.9 Å². The Bertz CT molecular complexity index is 1250.